The van der Waals surface area contributed by atoms with E-state index in [4.69, 9.17) is 4.98 Å². The minimum atomic E-state index is -0.186. The molecule has 2 aromatic carbocycles. The number of pyridine rings is 1. The highest BCUT2D eigenvalue weighted by Crippen LogP contribution is 2.31. The standard InChI is InChI=1S/C31H30N10O2/c1-32-29(42)22-6-5-7-24-26(22)37-27(36-24)19-13-16-40(17-14-19)21-11-9-20(10-12-21)35-31-34-18-23-28(38-31)41(39(2)30(23)43)25-8-3-4-15-33-25/h3-12,15,18-19H,13-14,16-17H2,1-2H3,(H,32,42)(H,36,37)(H,34,35,38). The maximum atomic E-state index is 12.8. The first-order chi connectivity index (χ1) is 21.0. The van der Waals surface area contributed by atoms with Crippen LogP contribution in [0.3, 0.4) is 0 Å². The highest BCUT2D eigenvalue weighted by molar-refractivity contribution is 6.04. The Kier molecular flexibility index (Phi) is 6.57. The van der Waals surface area contributed by atoms with Gasteiger partial charge in [0.25, 0.3) is 11.5 Å². The first kappa shape index (κ1) is 26.4. The second-order valence-electron chi connectivity index (χ2n) is 10.6. The third kappa shape index (κ3) is 4.76. The predicted octanol–water partition coefficient (Wildman–Crippen LogP) is 3.88. The van der Waals surface area contributed by atoms with Crippen molar-refractivity contribution in [3.05, 3.63) is 94.8 Å². The Morgan fingerprint density at radius 3 is 2.53 bits per heavy atom. The van der Waals surface area contributed by atoms with Crippen LogP contribution in [-0.2, 0) is 7.05 Å². The molecule has 1 aliphatic heterocycles. The van der Waals surface area contributed by atoms with Crippen LogP contribution in [0.15, 0.2) is 77.9 Å². The number of hydrogen-bond acceptors (Lipinski definition) is 8. The summed E-state index contributed by atoms with van der Waals surface area (Å²) in [5.74, 6) is 2.10. The second kappa shape index (κ2) is 10.7. The zero-order chi connectivity index (χ0) is 29.5. The van der Waals surface area contributed by atoms with Crippen molar-refractivity contribution in [1.82, 2.24) is 39.6 Å². The van der Waals surface area contributed by atoms with Gasteiger partial charge < -0.3 is 20.5 Å². The summed E-state index contributed by atoms with van der Waals surface area (Å²) in [6, 6.07) is 19.4. The number of nitrogens with zero attached hydrogens (tertiary/aromatic N) is 7. The molecule has 216 valence electrons. The van der Waals surface area contributed by atoms with Gasteiger partial charge in [0.1, 0.15) is 16.7 Å². The fraction of sp³-hybridized carbons (Fsp3) is 0.226. The number of aromatic amines is 1. The fourth-order valence-electron chi connectivity index (χ4n) is 5.75. The van der Waals surface area contributed by atoms with Gasteiger partial charge in [-0.2, -0.15) is 4.98 Å². The van der Waals surface area contributed by atoms with Gasteiger partial charge in [0, 0.05) is 56.9 Å². The van der Waals surface area contributed by atoms with Gasteiger partial charge in [-0.15, -0.1) is 0 Å². The number of para-hydroxylation sites is 1. The molecular weight excluding hydrogens is 544 g/mol. The summed E-state index contributed by atoms with van der Waals surface area (Å²) in [5, 5.41) is 6.38. The Morgan fingerprint density at radius 1 is 0.977 bits per heavy atom. The van der Waals surface area contributed by atoms with Crippen molar-refractivity contribution < 1.29 is 4.79 Å². The molecule has 7 rings (SSSR count). The predicted molar refractivity (Wildman–Crippen MR) is 165 cm³/mol. The van der Waals surface area contributed by atoms with E-state index in [1.165, 1.54) is 4.68 Å². The lowest BCUT2D eigenvalue weighted by Gasteiger charge is -2.33. The van der Waals surface area contributed by atoms with E-state index < -0.39 is 0 Å². The van der Waals surface area contributed by atoms with E-state index >= 15 is 0 Å². The van der Waals surface area contributed by atoms with Crippen LogP contribution in [0.1, 0.15) is 34.9 Å². The van der Waals surface area contributed by atoms with Gasteiger partial charge in [0.05, 0.1) is 11.1 Å². The van der Waals surface area contributed by atoms with E-state index in [9.17, 15) is 9.59 Å². The Morgan fingerprint density at radius 2 is 1.79 bits per heavy atom. The van der Waals surface area contributed by atoms with E-state index in [1.54, 1.807) is 37.2 Å². The summed E-state index contributed by atoms with van der Waals surface area (Å²) in [7, 11) is 3.32. The number of fused-ring (bicyclic) bond motifs is 2. The summed E-state index contributed by atoms with van der Waals surface area (Å²) < 4.78 is 3.17. The van der Waals surface area contributed by atoms with Gasteiger partial charge in [-0.05, 0) is 61.4 Å². The van der Waals surface area contributed by atoms with Gasteiger partial charge in [0.15, 0.2) is 11.5 Å². The minimum Gasteiger partial charge on any atom is -0.371 e. The average Bonchev–Trinajstić information content (AvgIpc) is 3.60. The minimum absolute atomic E-state index is 0.131. The Labute approximate surface area is 246 Å². The van der Waals surface area contributed by atoms with Gasteiger partial charge in [-0.1, -0.05) is 12.1 Å². The van der Waals surface area contributed by atoms with E-state index in [2.05, 4.69) is 47.6 Å². The number of hydrogen-bond donors (Lipinski definition) is 3. The van der Waals surface area contributed by atoms with Crippen molar-refractivity contribution in [2.75, 3.05) is 30.4 Å². The molecule has 6 aromatic rings. The molecule has 0 bridgehead atoms. The van der Waals surface area contributed by atoms with Gasteiger partial charge >= 0.3 is 0 Å². The lowest BCUT2D eigenvalue weighted by molar-refractivity contribution is 0.0964. The number of benzene rings is 2. The molecule has 0 unspecified atom stereocenters. The first-order valence-corrected chi connectivity index (χ1v) is 14.2. The molecule has 43 heavy (non-hydrogen) atoms. The molecule has 0 radical (unpaired) electrons. The zero-order valence-electron chi connectivity index (χ0n) is 23.8. The highest BCUT2D eigenvalue weighted by Gasteiger charge is 2.24. The maximum absolute atomic E-state index is 12.8. The SMILES string of the molecule is CNC(=O)c1cccc2[nH]c(C3CCN(c4ccc(Nc5ncc6c(=O)n(C)n(-c7ccccn7)c6n5)cc4)CC3)nc12. The van der Waals surface area contributed by atoms with Crippen LogP contribution in [0.4, 0.5) is 17.3 Å². The van der Waals surface area contributed by atoms with E-state index in [0.717, 1.165) is 54.2 Å². The normalized spacial score (nSPS) is 14.0. The molecule has 5 heterocycles. The van der Waals surface area contributed by atoms with E-state index in [0.29, 0.717) is 34.3 Å². The maximum Gasteiger partial charge on any atom is 0.277 e. The highest BCUT2D eigenvalue weighted by atomic mass is 16.1. The largest absolute Gasteiger partial charge is 0.371 e. The molecule has 1 saturated heterocycles. The lowest BCUT2D eigenvalue weighted by atomic mass is 9.96. The third-order valence-electron chi connectivity index (χ3n) is 8.03. The van der Waals surface area contributed by atoms with E-state index in [-0.39, 0.29) is 11.5 Å². The molecule has 0 atom stereocenters. The van der Waals surface area contributed by atoms with Gasteiger partial charge in [0.2, 0.25) is 5.95 Å². The molecule has 1 aliphatic rings. The van der Waals surface area contributed by atoms with Crippen molar-refractivity contribution in [3.8, 4) is 5.82 Å². The van der Waals surface area contributed by atoms with Crippen LogP contribution in [-0.4, -0.2) is 60.3 Å². The van der Waals surface area contributed by atoms with Crippen molar-refractivity contribution in [3.63, 3.8) is 0 Å². The summed E-state index contributed by atoms with van der Waals surface area (Å²) in [4.78, 5) is 49.1. The molecule has 12 nitrogen and oxygen atoms in total. The number of amides is 1. The van der Waals surface area contributed by atoms with Gasteiger partial charge in [-0.3, -0.25) is 9.59 Å². The number of rotatable bonds is 6. The molecule has 4 aromatic heterocycles. The number of imidazole rings is 1. The lowest BCUT2D eigenvalue weighted by Crippen LogP contribution is -2.33. The van der Waals surface area contributed by atoms with Crippen LogP contribution in [0, 0.1) is 0 Å². The van der Waals surface area contributed by atoms with Crippen LogP contribution in [0.5, 0.6) is 0 Å². The van der Waals surface area contributed by atoms with Crippen LogP contribution in [0.2, 0.25) is 0 Å². The average molecular weight is 575 g/mol. The van der Waals surface area contributed by atoms with Crippen molar-refractivity contribution >= 4 is 45.3 Å². The summed E-state index contributed by atoms with van der Waals surface area (Å²) in [5.41, 5.74) is 4.47. The number of carbonyl (C=O) groups is 1. The molecule has 0 spiro atoms. The zero-order valence-corrected chi connectivity index (χ0v) is 23.8. The molecule has 1 fully saturated rings. The third-order valence-corrected chi connectivity index (χ3v) is 8.03. The second-order valence-corrected chi connectivity index (χ2v) is 10.6. The Bertz CT molecular complexity index is 2000. The van der Waals surface area contributed by atoms with Crippen molar-refractivity contribution in [1.29, 1.82) is 0 Å². The topological polar surface area (TPSA) is 139 Å². The van der Waals surface area contributed by atoms with Gasteiger partial charge in [-0.25, -0.2) is 24.3 Å². The van der Waals surface area contributed by atoms with Crippen molar-refractivity contribution in [2.24, 2.45) is 7.05 Å². The molecular formula is C31H30N10O2. The van der Waals surface area contributed by atoms with Crippen LogP contribution in [0.25, 0.3) is 27.9 Å². The number of nitrogens with one attached hydrogen (secondary N) is 3. The summed E-state index contributed by atoms with van der Waals surface area (Å²) in [6.45, 7) is 1.80. The van der Waals surface area contributed by atoms with E-state index in [1.807, 2.05) is 42.5 Å². The van der Waals surface area contributed by atoms with Crippen LogP contribution < -0.4 is 21.1 Å². The smallest absolute Gasteiger partial charge is 0.277 e. The Hall–Kier alpha value is -5.52. The summed E-state index contributed by atoms with van der Waals surface area (Å²) >= 11 is 0. The number of piperidine rings is 1. The number of aromatic nitrogens is 7. The fourth-order valence-corrected chi connectivity index (χ4v) is 5.75. The molecule has 0 saturated carbocycles. The quantitative estimate of drug-likeness (QED) is 0.273. The number of anilines is 3. The molecule has 12 heteroatoms. The summed E-state index contributed by atoms with van der Waals surface area (Å²) in [6.07, 6.45) is 5.14. The Balaban J connectivity index is 1.04. The first-order valence-electron chi connectivity index (χ1n) is 14.2. The van der Waals surface area contributed by atoms with Crippen LogP contribution >= 0.6 is 0 Å². The number of carbonyl (C=O) groups excluding carboxylic acids is 1. The molecule has 1 amide bonds. The van der Waals surface area contributed by atoms with Crippen molar-refractivity contribution in [2.45, 2.75) is 18.8 Å². The number of H-pyrrole nitrogens is 1. The monoisotopic (exact) mass is 574 g/mol. The molecule has 0 aliphatic carbocycles. The molecule has 3 N–H and O–H groups in total.